The van der Waals surface area contributed by atoms with E-state index in [0.29, 0.717) is 0 Å². The predicted molar refractivity (Wildman–Crippen MR) is 42.8 cm³/mol. The van der Waals surface area contributed by atoms with Crippen LogP contribution in [0.3, 0.4) is 0 Å². The van der Waals surface area contributed by atoms with Gasteiger partial charge in [-0.3, -0.25) is 5.73 Å². The molecular weight excluding hydrogens is 166 g/mol. The molecule has 1 N–H and O–H groups in total. The second-order valence-corrected chi connectivity index (χ2v) is 3.96. The standard InChI is InChI=1S/C6H12NO3S/c1-2-11(8,9)6-5-10-4-3-7/h2,7H,1,3-6H2. The first-order valence-corrected chi connectivity index (χ1v) is 4.91. The number of hydrogen-bond acceptors (Lipinski definition) is 3. The summed E-state index contributed by atoms with van der Waals surface area (Å²) in [6.45, 7) is 3.74. The zero-order chi connectivity index (χ0) is 8.74. The van der Waals surface area contributed by atoms with E-state index in [-0.39, 0.29) is 25.5 Å². The quantitative estimate of drug-likeness (QED) is 0.531. The van der Waals surface area contributed by atoms with E-state index in [9.17, 15) is 8.42 Å². The molecule has 0 aliphatic carbocycles. The van der Waals surface area contributed by atoms with Crippen molar-refractivity contribution in [1.29, 1.82) is 0 Å². The zero-order valence-electron chi connectivity index (χ0n) is 6.25. The van der Waals surface area contributed by atoms with Crippen molar-refractivity contribution in [2.24, 2.45) is 0 Å². The second-order valence-electron chi connectivity index (χ2n) is 1.90. The van der Waals surface area contributed by atoms with E-state index in [1.165, 1.54) is 0 Å². The fourth-order valence-electron chi connectivity index (χ4n) is 0.433. The highest BCUT2D eigenvalue weighted by molar-refractivity contribution is 7.94. The monoisotopic (exact) mass is 178 g/mol. The normalized spacial score (nSPS) is 11.4. The average molecular weight is 178 g/mol. The first-order chi connectivity index (χ1) is 5.12. The highest BCUT2D eigenvalue weighted by atomic mass is 32.2. The molecule has 0 aromatic carbocycles. The maximum absolute atomic E-state index is 10.7. The first-order valence-electron chi connectivity index (χ1n) is 3.20. The minimum Gasteiger partial charge on any atom is -0.379 e. The van der Waals surface area contributed by atoms with Crippen LogP contribution in [0.15, 0.2) is 12.0 Å². The largest absolute Gasteiger partial charge is 0.379 e. The Bertz CT molecular complexity index is 198. The molecule has 0 atom stereocenters. The van der Waals surface area contributed by atoms with Gasteiger partial charge in [0.2, 0.25) is 0 Å². The van der Waals surface area contributed by atoms with E-state index in [4.69, 9.17) is 10.5 Å². The van der Waals surface area contributed by atoms with Crippen LogP contribution in [0.1, 0.15) is 0 Å². The number of hydrogen-bond donors (Lipinski definition) is 0. The molecule has 0 saturated heterocycles. The van der Waals surface area contributed by atoms with E-state index in [0.717, 1.165) is 5.41 Å². The van der Waals surface area contributed by atoms with Crippen molar-refractivity contribution in [3.05, 3.63) is 12.0 Å². The lowest BCUT2D eigenvalue weighted by atomic mass is 10.7. The third-order valence-corrected chi connectivity index (χ3v) is 2.26. The molecule has 0 bridgehead atoms. The summed E-state index contributed by atoms with van der Waals surface area (Å²) in [5.41, 5.74) is 6.69. The number of rotatable bonds is 6. The summed E-state index contributed by atoms with van der Waals surface area (Å²) in [6.07, 6.45) is 0. The predicted octanol–water partition coefficient (Wildman–Crippen LogP) is -0.156. The van der Waals surface area contributed by atoms with Gasteiger partial charge in [0.15, 0.2) is 9.84 Å². The maximum atomic E-state index is 10.7. The van der Waals surface area contributed by atoms with Crippen LogP contribution >= 0.6 is 0 Å². The van der Waals surface area contributed by atoms with Gasteiger partial charge in [-0.2, -0.15) is 0 Å². The number of ether oxygens (including phenoxy) is 1. The molecule has 5 heteroatoms. The highest BCUT2D eigenvalue weighted by Crippen LogP contribution is 1.89. The molecule has 11 heavy (non-hydrogen) atoms. The van der Waals surface area contributed by atoms with Crippen LogP contribution in [0.4, 0.5) is 0 Å². The Morgan fingerprint density at radius 1 is 1.45 bits per heavy atom. The zero-order valence-corrected chi connectivity index (χ0v) is 7.06. The van der Waals surface area contributed by atoms with Crippen molar-refractivity contribution in [3.8, 4) is 0 Å². The van der Waals surface area contributed by atoms with Crippen LogP contribution in [0.25, 0.3) is 0 Å². The molecule has 65 valence electrons. The molecule has 4 nitrogen and oxygen atoms in total. The Morgan fingerprint density at radius 3 is 2.55 bits per heavy atom. The maximum Gasteiger partial charge on any atom is 0.173 e. The Hall–Kier alpha value is -0.390. The lowest BCUT2D eigenvalue weighted by Crippen LogP contribution is -2.11. The van der Waals surface area contributed by atoms with Gasteiger partial charge in [-0.05, 0) is 0 Å². The Labute approximate surface area is 67.0 Å². The molecule has 0 saturated carbocycles. The van der Waals surface area contributed by atoms with Gasteiger partial charge in [0.25, 0.3) is 0 Å². The van der Waals surface area contributed by atoms with Crippen molar-refractivity contribution in [2.45, 2.75) is 0 Å². The fraction of sp³-hybridized carbons (Fsp3) is 0.667. The summed E-state index contributed by atoms with van der Waals surface area (Å²) in [6, 6.07) is 0. The molecule has 0 aliphatic heterocycles. The molecule has 0 rings (SSSR count). The molecule has 0 aromatic heterocycles. The molecule has 0 unspecified atom stereocenters. The Kier molecular flexibility index (Phi) is 5.10. The van der Waals surface area contributed by atoms with Gasteiger partial charge in [0.1, 0.15) is 0 Å². The highest BCUT2D eigenvalue weighted by Gasteiger charge is 2.02. The van der Waals surface area contributed by atoms with E-state index in [1.54, 1.807) is 0 Å². The van der Waals surface area contributed by atoms with Gasteiger partial charge in [-0.1, -0.05) is 6.58 Å². The molecule has 0 aromatic rings. The van der Waals surface area contributed by atoms with Crippen LogP contribution in [0, 0.1) is 0 Å². The molecule has 0 spiro atoms. The van der Waals surface area contributed by atoms with Crippen LogP contribution in [0.5, 0.6) is 0 Å². The minimum atomic E-state index is -3.12. The first kappa shape index (κ1) is 10.6. The van der Waals surface area contributed by atoms with Crippen molar-refractivity contribution in [3.63, 3.8) is 0 Å². The topological polar surface area (TPSA) is 67.2 Å². The van der Waals surface area contributed by atoms with Crippen LogP contribution in [-0.4, -0.2) is 33.9 Å². The van der Waals surface area contributed by atoms with Gasteiger partial charge >= 0.3 is 0 Å². The molecule has 0 amide bonds. The summed E-state index contributed by atoms with van der Waals surface area (Å²) in [7, 11) is -3.12. The van der Waals surface area contributed by atoms with E-state index in [2.05, 4.69) is 6.58 Å². The molecular formula is C6H12NO3S. The number of sulfone groups is 1. The van der Waals surface area contributed by atoms with Crippen molar-refractivity contribution in [2.75, 3.05) is 25.5 Å². The van der Waals surface area contributed by atoms with Gasteiger partial charge in [0.05, 0.1) is 19.0 Å². The SMILES string of the molecule is C=CS(=O)(=O)CCOCC[NH]. The lowest BCUT2D eigenvalue weighted by Gasteiger charge is -1.99. The average Bonchev–Trinajstić information content (AvgIpc) is 1.99. The molecule has 0 heterocycles. The smallest absolute Gasteiger partial charge is 0.173 e. The number of nitrogens with one attached hydrogen (secondary N) is 1. The van der Waals surface area contributed by atoms with Gasteiger partial charge < -0.3 is 4.74 Å². The summed E-state index contributed by atoms with van der Waals surface area (Å²) in [5.74, 6) is -0.0451. The summed E-state index contributed by atoms with van der Waals surface area (Å²) >= 11 is 0. The van der Waals surface area contributed by atoms with Crippen LogP contribution in [0.2, 0.25) is 0 Å². The van der Waals surface area contributed by atoms with Crippen molar-refractivity contribution < 1.29 is 13.2 Å². The van der Waals surface area contributed by atoms with E-state index >= 15 is 0 Å². The van der Waals surface area contributed by atoms with E-state index < -0.39 is 9.84 Å². The fourth-order valence-corrected chi connectivity index (χ4v) is 0.949. The van der Waals surface area contributed by atoms with Gasteiger partial charge in [-0.25, -0.2) is 8.42 Å². The lowest BCUT2D eigenvalue weighted by molar-refractivity contribution is 0.156. The summed E-state index contributed by atoms with van der Waals surface area (Å²) in [5, 5.41) is 0.914. The Morgan fingerprint density at radius 2 is 2.09 bits per heavy atom. The van der Waals surface area contributed by atoms with Crippen LogP contribution < -0.4 is 5.73 Å². The van der Waals surface area contributed by atoms with E-state index in [1.807, 2.05) is 0 Å². The minimum absolute atomic E-state index is 0.0451. The second kappa shape index (κ2) is 5.29. The third-order valence-electron chi connectivity index (χ3n) is 1.01. The van der Waals surface area contributed by atoms with Crippen LogP contribution in [-0.2, 0) is 14.6 Å². The Balaban J connectivity index is 3.47. The van der Waals surface area contributed by atoms with Gasteiger partial charge in [-0.15, -0.1) is 0 Å². The summed E-state index contributed by atoms with van der Waals surface area (Å²) in [4.78, 5) is 0. The third kappa shape index (κ3) is 6.03. The van der Waals surface area contributed by atoms with Crippen molar-refractivity contribution >= 4 is 9.84 Å². The molecule has 1 radical (unpaired) electrons. The molecule has 0 fully saturated rings. The molecule has 0 aliphatic rings. The van der Waals surface area contributed by atoms with Crippen molar-refractivity contribution in [1.82, 2.24) is 5.73 Å². The summed E-state index contributed by atoms with van der Waals surface area (Å²) < 4.78 is 26.2. The van der Waals surface area contributed by atoms with Gasteiger partial charge in [0, 0.05) is 12.0 Å².